The summed E-state index contributed by atoms with van der Waals surface area (Å²) in [5.41, 5.74) is -1.60. The Balaban J connectivity index is 0.000000339. The fourth-order valence-corrected chi connectivity index (χ4v) is 4.01. The van der Waals surface area contributed by atoms with Crippen LogP contribution in [0.25, 0.3) is 11.2 Å². The normalized spacial score (nSPS) is 22.1. The second-order valence-corrected chi connectivity index (χ2v) is 8.84. The van der Waals surface area contributed by atoms with E-state index in [0.717, 1.165) is 4.57 Å². The number of hydrogen-bond donors (Lipinski definition) is 2. The van der Waals surface area contributed by atoms with E-state index in [1.165, 1.54) is 25.1 Å². The minimum absolute atomic E-state index is 0. The molecule has 3 atom stereocenters. The number of imidazole rings is 1. The van der Waals surface area contributed by atoms with Gasteiger partial charge < -0.3 is 31.9 Å². The average Bonchev–Trinajstić information content (AvgIpc) is 3.33. The van der Waals surface area contributed by atoms with Gasteiger partial charge in [-0.3, -0.25) is 18.7 Å². The third-order valence-corrected chi connectivity index (χ3v) is 6.86. The molecule has 1 amide bonds. The van der Waals surface area contributed by atoms with Crippen LogP contribution >= 0.6 is 0 Å². The zero-order valence-corrected chi connectivity index (χ0v) is 25.6. The molecular formula is C21H31HgN5O6. The molecule has 2 aromatic rings. The Labute approximate surface area is 212 Å². The largest absolute Gasteiger partial charge is 2.00 e. The van der Waals surface area contributed by atoms with Gasteiger partial charge in [0.05, 0.1) is 6.33 Å². The molecule has 33 heavy (non-hydrogen) atoms. The summed E-state index contributed by atoms with van der Waals surface area (Å²) in [6.07, 6.45) is 2.10. The van der Waals surface area contributed by atoms with Crippen molar-refractivity contribution in [1.29, 1.82) is 0 Å². The number of rotatable bonds is 5. The van der Waals surface area contributed by atoms with Crippen LogP contribution in [0.1, 0.15) is 33.6 Å². The van der Waals surface area contributed by atoms with E-state index < -0.39 is 16.8 Å². The van der Waals surface area contributed by atoms with Crippen LogP contribution in [0.15, 0.2) is 15.9 Å². The van der Waals surface area contributed by atoms with Crippen LogP contribution in [0.4, 0.5) is 0 Å². The molecule has 2 aromatic heterocycles. The van der Waals surface area contributed by atoms with Gasteiger partial charge in [-0.1, -0.05) is 20.8 Å². The number of methoxy groups -OCH3 is 1. The van der Waals surface area contributed by atoms with E-state index in [1.807, 2.05) is 13.8 Å². The second kappa shape index (κ2) is 10.9. The van der Waals surface area contributed by atoms with Crippen molar-refractivity contribution in [2.45, 2.75) is 39.7 Å². The van der Waals surface area contributed by atoms with Crippen LogP contribution in [-0.2, 0) is 56.1 Å². The number of amides is 1. The first-order chi connectivity index (χ1) is 14.8. The third-order valence-electron chi connectivity index (χ3n) is 6.86. The molecule has 11 nitrogen and oxygen atoms in total. The summed E-state index contributed by atoms with van der Waals surface area (Å²) in [6.45, 7) is 9.33. The first-order valence-electron chi connectivity index (χ1n) is 10.2. The molecule has 1 aliphatic carbocycles. The quantitative estimate of drug-likeness (QED) is 0.315. The van der Waals surface area contributed by atoms with Gasteiger partial charge in [0.25, 0.3) is 5.56 Å². The number of carboxylic acid groups (broad SMARTS) is 1. The number of aliphatic carboxylic acids is 1. The molecule has 0 spiro atoms. The predicted octanol–water partition coefficient (Wildman–Crippen LogP) is -0.898. The minimum atomic E-state index is -1.08. The first kappa shape index (κ1) is 29.0. The molecule has 0 aliphatic heterocycles. The summed E-state index contributed by atoms with van der Waals surface area (Å²) in [7, 11) is 4.53. The summed E-state index contributed by atoms with van der Waals surface area (Å²) in [6, 6.07) is 0. The summed E-state index contributed by atoms with van der Waals surface area (Å²) < 4.78 is 7.33. The van der Waals surface area contributed by atoms with Crippen molar-refractivity contribution in [3.63, 3.8) is 0 Å². The molecule has 0 aromatic carbocycles. The van der Waals surface area contributed by atoms with Crippen LogP contribution in [0, 0.1) is 23.7 Å². The molecule has 0 radical (unpaired) electrons. The van der Waals surface area contributed by atoms with E-state index in [9.17, 15) is 24.3 Å². The number of aryl methyl sites for hydroxylation is 1. The number of fused-ring (bicyclic) bond motifs is 1. The molecule has 3 unspecified atom stereocenters. The maximum Gasteiger partial charge on any atom is 2.00 e. The Morgan fingerprint density at radius 3 is 2.45 bits per heavy atom. The summed E-state index contributed by atoms with van der Waals surface area (Å²) in [5.74, 6) is -1.56. The van der Waals surface area contributed by atoms with Gasteiger partial charge in [0.15, 0.2) is 5.65 Å². The molecule has 178 valence electrons. The second-order valence-electron chi connectivity index (χ2n) is 8.84. The zero-order chi connectivity index (χ0) is 24.4. The van der Waals surface area contributed by atoms with Crippen LogP contribution < -0.4 is 21.7 Å². The van der Waals surface area contributed by atoms with Gasteiger partial charge in [-0.15, -0.1) is 0 Å². The van der Waals surface area contributed by atoms with E-state index in [1.54, 1.807) is 14.0 Å². The van der Waals surface area contributed by atoms with Gasteiger partial charge in [-0.2, -0.15) is 0 Å². The maximum absolute atomic E-state index is 12.2. The van der Waals surface area contributed by atoms with Crippen LogP contribution in [0.3, 0.4) is 0 Å². The number of H-pyrrole nitrogens is 1. The van der Waals surface area contributed by atoms with Crippen molar-refractivity contribution in [2.75, 3.05) is 13.7 Å². The van der Waals surface area contributed by atoms with Crippen molar-refractivity contribution in [3.8, 4) is 0 Å². The van der Waals surface area contributed by atoms with Gasteiger partial charge in [-0.25, -0.2) is 9.78 Å². The molecule has 1 saturated carbocycles. The number of aromatic nitrogens is 4. The van der Waals surface area contributed by atoms with Crippen LogP contribution in [0.5, 0.6) is 0 Å². The number of ether oxygens (including phenoxy) is 1. The van der Waals surface area contributed by atoms with Gasteiger partial charge in [-0.05, 0) is 24.4 Å². The van der Waals surface area contributed by atoms with Crippen molar-refractivity contribution in [2.24, 2.45) is 30.8 Å². The fraction of sp³-hybridized carbons (Fsp3) is 0.619. The maximum atomic E-state index is 12.2. The van der Waals surface area contributed by atoms with Crippen molar-refractivity contribution < 1.29 is 47.1 Å². The Morgan fingerprint density at radius 1 is 1.33 bits per heavy atom. The minimum Gasteiger partial charge on any atom is -0.550 e. The molecule has 0 saturated heterocycles. The number of aromatic amines is 1. The molecule has 2 N–H and O–H groups in total. The van der Waals surface area contributed by atoms with Crippen molar-refractivity contribution in [1.82, 2.24) is 24.4 Å². The number of nitrogens with one attached hydrogen (secondary N) is 2. The van der Waals surface area contributed by atoms with E-state index in [-0.39, 0.29) is 56.8 Å². The van der Waals surface area contributed by atoms with Crippen LogP contribution in [-0.4, -0.2) is 50.7 Å². The summed E-state index contributed by atoms with van der Waals surface area (Å²) in [5, 5.41) is 14.1. The molecular weight excluding hydrogens is 619 g/mol. The topological polar surface area (TPSA) is 151 Å². The van der Waals surface area contributed by atoms with Gasteiger partial charge in [0.1, 0.15) is 5.52 Å². The first-order valence-corrected chi connectivity index (χ1v) is 10.2. The van der Waals surface area contributed by atoms with E-state index >= 15 is 0 Å². The number of carbonyl (C=O) groups excluding carboxylic acids is 2. The van der Waals surface area contributed by atoms with Gasteiger partial charge in [0.2, 0.25) is 5.91 Å². The molecule has 1 aliphatic rings. The van der Waals surface area contributed by atoms with Crippen LogP contribution in [0.2, 0.25) is 0 Å². The molecule has 2 heterocycles. The molecule has 3 rings (SSSR count). The Hall–Kier alpha value is -2.01. The van der Waals surface area contributed by atoms with Crippen molar-refractivity contribution >= 4 is 23.0 Å². The number of carboxylic acids is 1. The van der Waals surface area contributed by atoms with Crippen molar-refractivity contribution in [3.05, 3.63) is 34.1 Å². The Morgan fingerprint density at radius 2 is 1.94 bits per heavy atom. The van der Waals surface area contributed by atoms with E-state index in [0.29, 0.717) is 30.6 Å². The summed E-state index contributed by atoms with van der Waals surface area (Å²) in [4.78, 5) is 52.9. The average molecular weight is 650 g/mol. The number of hydrogen-bond acceptors (Lipinski definition) is 7. The Bertz CT molecular complexity index is 1120. The Kier molecular flexibility index (Phi) is 9.62. The molecule has 12 heteroatoms. The number of nitrogens with zero attached hydrogens (tertiary/aromatic N) is 3. The third kappa shape index (κ3) is 5.39. The summed E-state index contributed by atoms with van der Waals surface area (Å²) >= 11 is 0. The standard InChI is InChI=1S/C14H24NO4.C7H8N4O2.Hg/c1-9(19-5)8-15-11(16)10-6-7-14(4,12(17)18)13(10,2)3;1-10-5-4(8-3-9-5)6(12)11(2)7(10)13;/h9-10H,1,6-8H2,2-5H3,(H,15,16)(H,17,18);3H,1-2H3,(H,8,9);/q-1;;+2/p-1. The molecule has 0 bridgehead atoms. The molecule has 1 fully saturated rings. The van der Waals surface area contributed by atoms with Gasteiger partial charge in [0, 0.05) is 45.1 Å². The van der Waals surface area contributed by atoms with Gasteiger partial charge >= 0.3 is 33.4 Å². The zero-order valence-electron chi connectivity index (χ0n) is 20.1. The monoisotopic (exact) mass is 651 g/mol. The van der Waals surface area contributed by atoms with E-state index in [4.69, 9.17) is 4.74 Å². The SMILES string of the molecule is Cn1c(=O)c2[nH]cnc2n(C)c1=O.[CH2-]C(CNC(=O)C1CCC(C)(C(=O)[O-])C1(C)C)OC.[Hg+2]. The number of carbonyl (C=O) groups is 2. The smallest absolute Gasteiger partial charge is 0.550 e. The predicted molar refractivity (Wildman–Crippen MR) is 115 cm³/mol. The van der Waals surface area contributed by atoms with E-state index in [2.05, 4.69) is 22.2 Å². The fourth-order valence-electron chi connectivity index (χ4n) is 4.01.